The highest BCUT2D eigenvalue weighted by Crippen LogP contribution is 2.30. The summed E-state index contributed by atoms with van der Waals surface area (Å²) in [4.78, 5) is 11.4. The summed E-state index contributed by atoms with van der Waals surface area (Å²) in [5.74, 6) is 6.29. The van der Waals surface area contributed by atoms with Gasteiger partial charge in [-0.25, -0.2) is 5.84 Å². The van der Waals surface area contributed by atoms with Gasteiger partial charge in [0.25, 0.3) is 0 Å². The van der Waals surface area contributed by atoms with Gasteiger partial charge >= 0.3 is 5.91 Å². The average molecular weight is 624 g/mol. The van der Waals surface area contributed by atoms with Crippen LogP contribution in [0.1, 0.15) is 21.9 Å². The van der Waals surface area contributed by atoms with Crippen molar-refractivity contribution in [2.45, 2.75) is 13.5 Å². The maximum absolute atomic E-state index is 11.4. The van der Waals surface area contributed by atoms with Crippen LogP contribution in [0.4, 0.5) is 0 Å². The molecule has 0 unspecified atom stereocenters. The zero-order valence-electron chi connectivity index (χ0n) is 10.9. The fourth-order valence-electron chi connectivity index (χ4n) is 1.66. The van der Waals surface area contributed by atoms with Gasteiger partial charge in [-0.05, 0) is 92.9 Å². The Hall–Kier alpha value is -0.0800. The fraction of sp³-hybridized carbons (Fsp3) is 0.154. The van der Waals surface area contributed by atoms with Gasteiger partial charge in [0, 0.05) is 9.13 Å². The first-order valence-electron chi connectivity index (χ1n) is 5.80. The van der Waals surface area contributed by atoms with Gasteiger partial charge in [-0.1, -0.05) is 0 Å². The number of carbonyl (C=O) groups is 1. The molecule has 1 aromatic carbocycles. The Labute approximate surface area is 162 Å². The maximum atomic E-state index is 11.4. The standard InChI is InChI=1S/C13H11I3N2O3/c1-6-7(2-11(21-6)13(19)18-17)5-20-12-9(15)3-8(14)4-10(12)16/h2-4H,5,17H2,1H3,(H,18,19). The van der Waals surface area contributed by atoms with E-state index in [4.69, 9.17) is 15.0 Å². The molecule has 21 heavy (non-hydrogen) atoms. The van der Waals surface area contributed by atoms with Gasteiger partial charge in [-0.3, -0.25) is 10.2 Å². The first-order chi connectivity index (χ1) is 9.92. The third-order valence-electron chi connectivity index (χ3n) is 2.71. The van der Waals surface area contributed by atoms with Crippen molar-refractivity contribution >= 4 is 73.7 Å². The number of amides is 1. The highest BCUT2D eigenvalue weighted by atomic mass is 127. The zero-order chi connectivity index (χ0) is 15.6. The molecule has 2 rings (SSSR count). The van der Waals surface area contributed by atoms with Crippen LogP contribution in [-0.4, -0.2) is 5.91 Å². The van der Waals surface area contributed by atoms with Gasteiger partial charge in [-0.2, -0.15) is 0 Å². The zero-order valence-corrected chi connectivity index (χ0v) is 17.3. The highest BCUT2D eigenvalue weighted by molar-refractivity contribution is 14.1. The van der Waals surface area contributed by atoms with Crippen molar-refractivity contribution in [2.24, 2.45) is 5.84 Å². The molecule has 112 valence electrons. The lowest BCUT2D eigenvalue weighted by Crippen LogP contribution is -2.29. The second kappa shape index (κ2) is 7.46. The van der Waals surface area contributed by atoms with Crippen molar-refractivity contribution in [3.8, 4) is 5.75 Å². The van der Waals surface area contributed by atoms with Gasteiger partial charge < -0.3 is 9.15 Å². The van der Waals surface area contributed by atoms with E-state index in [2.05, 4.69) is 67.8 Å². The molecule has 0 aliphatic carbocycles. The quantitative estimate of drug-likeness (QED) is 0.236. The van der Waals surface area contributed by atoms with Crippen LogP contribution in [0.3, 0.4) is 0 Å². The molecule has 0 saturated heterocycles. The Morgan fingerprint density at radius 3 is 2.48 bits per heavy atom. The van der Waals surface area contributed by atoms with Gasteiger partial charge in [0.2, 0.25) is 0 Å². The van der Waals surface area contributed by atoms with Crippen LogP contribution in [0.5, 0.6) is 5.75 Å². The summed E-state index contributed by atoms with van der Waals surface area (Å²) in [6, 6.07) is 5.74. The Morgan fingerprint density at radius 2 is 1.90 bits per heavy atom. The molecule has 0 aliphatic rings. The van der Waals surface area contributed by atoms with Crippen molar-refractivity contribution in [3.05, 3.63) is 46.0 Å². The molecule has 0 atom stereocenters. The van der Waals surface area contributed by atoms with E-state index in [-0.39, 0.29) is 5.76 Å². The smallest absolute Gasteiger partial charge is 0.300 e. The molecular weight excluding hydrogens is 613 g/mol. The molecule has 1 amide bonds. The number of nitrogens with two attached hydrogens (primary N) is 1. The summed E-state index contributed by atoms with van der Waals surface area (Å²) in [5, 5.41) is 0. The molecule has 1 aromatic heterocycles. The summed E-state index contributed by atoms with van der Waals surface area (Å²) in [5.41, 5.74) is 2.86. The van der Waals surface area contributed by atoms with E-state index in [0.717, 1.165) is 22.0 Å². The summed E-state index contributed by atoms with van der Waals surface area (Å²) >= 11 is 6.76. The van der Waals surface area contributed by atoms with Crippen LogP contribution >= 0.6 is 67.8 Å². The summed E-state index contributed by atoms with van der Waals surface area (Å²) in [6.07, 6.45) is 0. The highest BCUT2D eigenvalue weighted by Gasteiger charge is 2.15. The molecule has 5 nitrogen and oxygen atoms in total. The lowest BCUT2D eigenvalue weighted by atomic mass is 10.2. The Bertz CT molecular complexity index is 662. The molecule has 0 bridgehead atoms. The van der Waals surface area contributed by atoms with Crippen molar-refractivity contribution in [3.63, 3.8) is 0 Å². The molecular formula is C13H11I3N2O3. The van der Waals surface area contributed by atoms with Crippen LogP contribution in [0.15, 0.2) is 22.6 Å². The third kappa shape index (κ3) is 4.22. The predicted molar refractivity (Wildman–Crippen MR) is 104 cm³/mol. The van der Waals surface area contributed by atoms with E-state index >= 15 is 0 Å². The lowest BCUT2D eigenvalue weighted by molar-refractivity contribution is 0.0924. The van der Waals surface area contributed by atoms with E-state index in [1.54, 1.807) is 13.0 Å². The number of benzene rings is 1. The maximum Gasteiger partial charge on any atom is 0.300 e. The molecule has 0 aliphatic heterocycles. The molecule has 0 fully saturated rings. The number of halogens is 3. The van der Waals surface area contributed by atoms with E-state index in [0.29, 0.717) is 12.4 Å². The number of ether oxygens (including phenoxy) is 1. The number of nitrogens with one attached hydrogen (secondary N) is 1. The first kappa shape index (κ1) is 17.3. The van der Waals surface area contributed by atoms with E-state index in [1.807, 2.05) is 17.6 Å². The largest absolute Gasteiger partial charge is 0.487 e. The third-order valence-corrected chi connectivity index (χ3v) is 4.94. The molecule has 3 N–H and O–H groups in total. The molecule has 0 saturated carbocycles. The van der Waals surface area contributed by atoms with Crippen molar-refractivity contribution < 1.29 is 13.9 Å². The first-order valence-corrected chi connectivity index (χ1v) is 9.03. The van der Waals surface area contributed by atoms with Gasteiger partial charge in [0.1, 0.15) is 18.1 Å². The van der Waals surface area contributed by atoms with Crippen molar-refractivity contribution in [1.29, 1.82) is 0 Å². The van der Waals surface area contributed by atoms with E-state index in [9.17, 15) is 4.79 Å². The number of aryl methyl sites for hydroxylation is 1. The monoisotopic (exact) mass is 624 g/mol. The fourth-order valence-corrected chi connectivity index (χ4v) is 5.56. The minimum Gasteiger partial charge on any atom is -0.487 e. The summed E-state index contributed by atoms with van der Waals surface area (Å²) in [6.45, 7) is 2.12. The van der Waals surface area contributed by atoms with E-state index in [1.165, 1.54) is 0 Å². The topological polar surface area (TPSA) is 77.5 Å². The molecule has 1 heterocycles. The lowest BCUT2D eigenvalue weighted by Gasteiger charge is -2.10. The van der Waals surface area contributed by atoms with Crippen LogP contribution in [-0.2, 0) is 6.61 Å². The van der Waals surface area contributed by atoms with Crippen LogP contribution in [0, 0.1) is 17.6 Å². The minimum absolute atomic E-state index is 0.181. The second-order valence-corrected chi connectivity index (χ2v) is 7.72. The number of hydrogen-bond donors (Lipinski definition) is 2. The Kier molecular flexibility index (Phi) is 6.14. The number of hydrogen-bond acceptors (Lipinski definition) is 4. The van der Waals surface area contributed by atoms with Gasteiger partial charge in [0.05, 0.1) is 7.14 Å². The van der Waals surface area contributed by atoms with Crippen LogP contribution < -0.4 is 16.0 Å². The molecule has 2 aromatic rings. The molecule has 0 radical (unpaired) electrons. The Balaban J connectivity index is 2.17. The summed E-state index contributed by atoms with van der Waals surface area (Å²) < 4.78 is 14.5. The number of carbonyl (C=O) groups excluding carboxylic acids is 1. The summed E-state index contributed by atoms with van der Waals surface area (Å²) in [7, 11) is 0. The van der Waals surface area contributed by atoms with Gasteiger partial charge in [-0.15, -0.1) is 0 Å². The molecule has 0 spiro atoms. The Morgan fingerprint density at radius 1 is 1.29 bits per heavy atom. The molecule has 8 heteroatoms. The van der Waals surface area contributed by atoms with Crippen molar-refractivity contribution in [1.82, 2.24) is 5.43 Å². The number of nitrogen functional groups attached to an aromatic ring is 1. The number of hydrazine groups is 1. The SMILES string of the molecule is Cc1oc(C(=O)NN)cc1COc1c(I)cc(I)cc1I. The second-order valence-electron chi connectivity index (χ2n) is 4.15. The normalized spacial score (nSPS) is 10.5. The van der Waals surface area contributed by atoms with Gasteiger partial charge in [0.15, 0.2) is 5.76 Å². The van der Waals surface area contributed by atoms with Crippen LogP contribution in [0.25, 0.3) is 0 Å². The minimum atomic E-state index is -0.456. The average Bonchev–Trinajstić information content (AvgIpc) is 2.78. The van der Waals surface area contributed by atoms with E-state index < -0.39 is 5.91 Å². The van der Waals surface area contributed by atoms with Crippen molar-refractivity contribution in [2.75, 3.05) is 0 Å². The number of rotatable bonds is 4. The van der Waals surface area contributed by atoms with Crippen LogP contribution in [0.2, 0.25) is 0 Å². The number of furan rings is 1. The predicted octanol–water partition coefficient (Wildman–Crippen LogP) is 3.58.